The number of benzene rings is 1. The molecule has 0 spiro atoms. The van der Waals surface area contributed by atoms with Gasteiger partial charge < -0.3 is 9.64 Å². The number of nitrogens with zero attached hydrogens (tertiary/aromatic N) is 2. The molecule has 0 saturated carbocycles. The van der Waals surface area contributed by atoms with E-state index in [2.05, 4.69) is 4.98 Å². The Kier molecular flexibility index (Phi) is 5.55. The highest BCUT2D eigenvalue weighted by molar-refractivity contribution is 8.00. The van der Waals surface area contributed by atoms with Crippen molar-refractivity contribution in [3.05, 3.63) is 54.4 Å². The van der Waals surface area contributed by atoms with Crippen molar-refractivity contribution in [3.8, 4) is 0 Å². The molecule has 0 N–H and O–H groups in total. The van der Waals surface area contributed by atoms with Crippen molar-refractivity contribution in [3.63, 3.8) is 0 Å². The molecule has 6 heteroatoms. The van der Waals surface area contributed by atoms with Crippen molar-refractivity contribution < 1.29 is 14.3 Å². The number of methoxy groups -OCH3 is 1. The lowest BCUT2D eigenvalue weighted by Gasteiger charge is -2.19. The van der Waals surface area contributed by atoms with Crippen LogP contribution in [0, 0.1) is 0 Å². The molecule has 0 bridgehead atoms. The fraction of sp³-hybridized carbons (Fsp3) is 0.188. The number of carbonyl (C=O) groups excluding carboxylic acids is 2. The summed E-state index contributed by atoms with van der Waals surface area (Å²) in [4.78, 5) is 30.5. The van der Waals surface area contributed by atoms with E-state index < -0.39 is 5.97 Å². The number of hydrogen-bond acceptors (Lipinski definition) is 5. The molecule has 22 heavy (non-hydrogen) atoms. The number of hydrogen-bond donors (Lipinski definition) is 0. The van der Waals surface area contributed by atoms with Gasteiger partial charge in [-0.25, -0.2) is 4.79 Å². The van der Waals surface area contributed by atoms with Gasteiger partial charge in [0.25, 0.3) is 0 Å². The molecule has 0 aliphatic carbocycles. The first-order valence-electron chi connectivity index (χ1n) is 6.60. The maximum Gasteiger partial charge on any atom is 0.339 e. The van der Waals surface area contributed by atoms with E-state index in [1.165, 1.54) is 23.8 Å². The molecule has 0 unspecified atom stereocenters. The Bertz CT molecular complexity index is 661. The number of pyridine rings is 1. The smallest absolute Gasteiger partial charge is 0.339 e. The van der Waals surface area contributed by atoms with E-state index in [0.717, 1.165) is 4.90 Å². The number of amides is 1. The molecule has 0 fully saturated rings. The Balaban J connectivity index is 2.09. The van der Waals surface area contributed by atoms with Crippen LogP contribution in [-0.4, -0.2) is 36.8 Å². The van der Waals surface area contributed by atoms with Crippen LogP contribution in [0.4, 0.5) is 5.69 Å². The summed E-state index contributed by atoms with van der Waals surface area (Å²) in [7, 11) is 2.97. The quantitative estimate of drug-likeness (QED) is 0.627. The minimum absolute atomic E-state index is 0.0989. The lowest BCUT2D eigenvalue weighted by atomic mass is 10.1. The average Bonchev–Trinajstić information content (AvgIpc) is 2.59. The first kappa shape index (κ1) is 16.0. The van der Waals surface area contributed by atoms with Gasteiger partial charge in [0.2, 0.25) is 5.91 Å². The standard InChI is InChI=1S/C16H16N2O3S/c1-18(14-6-4-3-5-13(14)16(20)21-2)15(19)11-22-12-7-9-17-10-8-12/h3-10H,11H2,1-2H3. The highest BCUT2D eigenvalue weighted by atomic mass is 32.2. The summed E-state index contributed by atoms with van der Waals surface area (Å²) in [5.74, 6) is -0.286. The van der Waals surface area contributed by atoms with Gasteiger partial charge in [-0.2, -0.15) is 0 Å². The maximum atomic E-state index is 12.3. The second-order valence-corrected chi connectivity index (χ2v) is 5.48. The normalized spacial score (nSPS) is 10.1. The fourth-order valence-corrected chi connectivity index (χ4v) is 2.66. The van der Waals surface area contributed by atoms with Gasteiger partial charge in [0.1, 0.15) is 0 Å². The monoisotopic (exact) mass is 316 g/mol. The second kappa shape index (κ2) is 7.61. The third-order valence-corrected chi connectivity index (χ3v) is 4.05. The van der Waals surface area contributed by atoms with Crippen LogP contribution in [-0.2, 0) is 9.53 Å². The number of ether oxygens (including phenoxy) is 1. The summed E-state index contributed by atoms with van der Waals surface area (Å²) >= 11 is 1.42. The fourth-order valence-electron chi connectivity index (χ4n) is 1.86. The zero-order valence-electron chi connectivity index (χ0n) is 12.4. The molecule has 0 radical (unpaired) electrons. The molecule has 1 amide bonds. The first-order chi connectivity index (χ1) is 10.6. The molecule has 0 saturated heterocycles. The van der Waals surface area contributed by atoms with Crippen LogP contribution in [0.2, 0.25) is 0 Å². The Morgan fingerprint density at radius 2 is 1.86 bits per heavy atom. The van der Waals surface area contributed by atoms with Crippen LogP contribution >= 0.6 is 11.8 Å². The molecule has 1 aromatic heterocycles. The largest absolute Gasteiger partial charge is 0.465 e. The molecule has 5 nitrogen and oxygen atoms in total. The van der Waals surface area contributed by atoms with Crippen molar-refractivity contribution in [2.75, 3.05) is 24.8 Å². The molecule has 2 aromatic rings. The van der Waals surface area contributed by atoms with Crippen LogP contribution in [0.15, 0.2) is 53.7 Å². The summed E-state index contributed by atoms with van der Waals surface area (Å²) in [6.45, 7) is 0. The van der Waals surface area contributed by atoms with E-state index >= 15 is 0 Å². The lowest BCUT2D eigenvalue weighted by molar-refractivity contribution is -0.115. The van der Waals surface area contributed by atoms with Crippen molar-refractivity contribution >= 4 is 29.3 Å². The van der Waals surface area contributed by atoms with Gasteiger partial charge in [-0.3, -0.25) is 9.78 Å². The van der Waals surface area contributed by atoms with Crippen molar-refractivity contribution in [1.82, 2.24) is 4.98 Å². The molecule has 0 aliphatic heterocycles. The molecule has 0 aliphatic rings. The maximum absolute atomic E-state index is 12.3. The molecule has 114 valence electrons. The predicted molar refractivity (Wildman–Crippen MR) is 86.2 cm³/mol. The minimum Gasteiger partial charge on any atom is -0.465 e. The predicted octanol–water partition coefficient (Wildman–Crippen LogP) is 2.62. The van der Waals surface area contributed by atoms with E-state index in [0.29, 0.717) is 11.3 Å². The van der Waals surface area contributed by atoms with Crippen LogP contribution in [0.25, 0.3) is 0 Å². The average molecular weight is 316 g/mol. The van der Waals surface area contributed by atoms with Gasteiger partial charge in [0, 0.05) is 24.3 Å². The highest BCUT2D eigenvalue weighted by Gasteiger charge is 2.18. The molecule has 1 aromatic carbocycles. The van der Waals surface area contributed by atoms with Crippen molar-refractivity contribution in [2.45, 2.75) is 4.90 Å². The number of thioether (sulfide) groups is 1. The lowest BCUT2D eigenvalue weighted by Crippen LogP contribution is -2.29. The molecule has 0 atom stereocenters. The van der Waals surface area contributed by atoms with Crippen LogP contribution in [0.1, 0.15) is 10.4 Å². The second-order valence-electron chi connectivity index (χ2n) is 4.43. The van der Waals surface area contributed by atoms with Crippen molar-refractivity contribution in [1.29, 1.82) is 0 Å². The summed E-state index contributed by atoms with van der Waals surface area (Å²) in [6, 6.07) is 10.6. The Morgan fingerprint density at radius 1 is 1.18 bits per heavy atom. The van der Waals surface area contributed by atoms with E-state index in [-0.39, 0.29) is 11.7 Å². The number of esters is 1. The van der Waals surface area contributed by atoms with E-state index in [9.17, 15) is 9.59 Å². The zero-order chi connectivity index (χ0) is 15.9. The number of anilines is 1. The van der Waals surface area contributed by atoms with Crippen LogP contribution in [0.5, 0.6) is 0 Å². The highest BCUT2D eigenvalue weighted by Crippen LogP contribution is 2.22. The van der Waals surface area contributed by atoms with E-state index in [1.54, 1.807) is 43.7 Å². The summed E-state index contributed by atoms with van der Waals surface area (Å²) in [5, 5.41) is 0. The van der Waals surface area contributed by atoms with Crippen LogP contribution in [0.3, 0.4) is 0 Å². The topological polar surface area (TPSA) is 59.5 Å². The Morgan fingerprint density at radius 3 is 2.55 bits per heavy atom. The summed E-state index contributed by atoms with van der Waals surface area (Å²) < 4.78 is 4.75. The number of rotatable bonds is 5. The first-order valence-corrected chi connectivity index (χ1v) is 7.58. The zero-order valence-corrected chi connectivity index (χ0v) is 13.2. The molecule has 1 heterocycles. The SMILES string of the molecule is COC(=O)c1ccccc1N(C)C(=O)CSc1ccncc1. The van der Waals surface area contributed by atoms with E-state index in [4.69, 9.17) is 4.74 Å². The van der Waals surface area contributed by atoms with Gasteiger partial charge in [0.15, 0.2) is 0 Å². The third kappa shape index (κ3) is 3.85. The number of aromatic nitrogens is 1. The Labute approximate surface area is 133 Å². The number of carbonyl (C=O) groups is 2. The summed E-state index contributed by atoms with van der Waals surface area (Å²) in [6.07, 6.45) is 3.37. The molecular weight excluding hydrogens is 300 g/mol. The summed E-state index contributed by atoms with van der Waals surface area (Å²) in [5.41, 5.74) is 0.907. The third-order valence-electron chi connectivity index (χ3n) is 3.06. The van der Waals surface area contributed by atoms with Crippen LogP contribution < -0.4 is 4.90 Å². The van der Waals surface area contributed by atoms with Crippen molar-refractivity contribution in [2.24, 2.45) is 0 Å². The van der Waals surface area contributed by atoms with E-state index in [1.807, 2.05) is 12.1 Å². The van der Waals surface area contributed by atoms with Gasteiger partial charge in [-0.1, -0.05) is 12.1 Å². The van der Waals surface area contributed by atoms with Gasteiger partial charge >= 0.3 is 5.97 Å². The minimum atomic E-state index is -0.461. The molecule has 2 rings (SSSR count). The van der Waals surface area contributed by atoms with Gasteiger partial charge in [0.05, 0.1) is 24.1 Å². The Hall–Kier alpha value is -2.34. The molecular formula is C16H16N2O3S. The number of para-hydroxylation sites is 1. The van der Waals surface area contributed by atoms with Gasteiger partial charge in [-0.15, -0.1) is 11.8 Å². The van der Waals surface area contributed by atoms with Gasteiger partial charge in [-0.05, 0) is 24.3 Å².